The minimum absolute atomic E-state index is 0.194. The van der Waals surface area contributed by atoms with Crippen LogP contribution in [0.4, 0.5) is 0 Å². The SMILES string of the molecule is O=c1c2c3nc4ccccc4nc3n(/N=C/c3cccc(Br)c3)c2[nH+]cn1-c1ccccc1. The van der Waals surface area contributed by atoms with E-state index in [2.05, 4.69) is 26.0 Å². The van der Waals surface area contributed by atoms with Crippen LogP contribution >= 0.6 is 15.9 Å². The molecule has 0 aliphatic carbocycles. The Morgan fingerprint density at radius 1 is 0.909 bits per heavy atom. The molecule has 0 spiro atoms. The number of hydrogen-bond donors (Lipinski definition) is 0. The Hall–Kier alpha value is -4.17. The van der Waals surface area contributed by atoms with Gasteiger partial charge in [0.25, 0.3) is 5.65 Å². The summed E-state index contributed by atoms with van der Waals surface area (Å²) >= 11 is 3.49. The van der Waals surface area contributed by atoms with Gasteiger partial charge in [-0.15, -0.1) is 9.78 Å². The third kappa shape index (κ3) is 3.32. The van der Waals surface area contributed by atoms with Crippen LogP contribution in [0.15, 0.2) is 99.6 Å². The lowest BCUT2D eigenvalue weighted by Gasteiger charge is -1.99. The summed E-state index contributed by atoms with van der Waals surface area (Å²) in [6.07, 6.45) is 3.38. The summed E-state index contributed by atoms with van der Waals surface area (Å²) in [5.74, 6) is 0. The Kier molecular flexibility index (Phi) is 4.58. The van der Waals surface area contributed by atoms with Gasteiger partial charge in [-0.05, 0) is 42.0 Å². The maximum Gasteiger partial charge on any atom is 0.327 e. The van der Waals surface area contributed by atoms with Crippen LogP contribution in [0.1, 0.15) is 5.56 Å². The number of fused-ring (bicyclic) bond motifs is 4. The van der Waals surface area contributed by atoms with Gasteiger partial charge in [0, 0.05) is 4.47 Å². The van der Waals surface area contributed by atoms with Crippen molar-refractivity contribution in [2.45, 2.75) is 0 Å². The first-order valence-electron chi connectivity index (χ1n) is 10.3. The standard InChI is InChI=1S/C25H15BrN6O/c26-17-8-6-7-16(13-17)14-28-32-23-21(22-24(32)30-20-12-5-4-11-19(20)29-22)25(33)31(15-27-23)18-9-2-1-3-10-18/h1-15H/p+1/b28-14+. The van der Waals surface area contributed by atoms with Crippen molar-refractivity contribution in [1.29, 1.82) is 0 Å². The molecule has 6 aromatic rings. The summed E-state index contributed by atoms with van der Waals surface area (Å²) in [4.78, 5) is 26.4. The lowest BCUT2D eigenvalue weighted by Crippen LogP contribution is -2.25. The predicted molar refractivity (Wildman–Crippen MR) is 132 cm³/mol. The zero-order valence-electron chi connectivity index (χ0n) is 17.2. The number of halogens is 1. The molecule has 0 aliphatic heterocycles. The Labute approximate surface area is 195 Å². The highest BCUT2D eigenvalue weighted by Gasteiger charge is 2.25. The maximum absolute atomic E-state index is 13.6. The molecule has 158 valence electrons. The van der Waals surface area contributed by atoms with Crippen molar-refractivity contribution in [3.8, 4) is 5.69 Å². The molecular weight excluding hydrogens is 480 g/mol. The van der Waals surface area contributed by atoms with Crippen molar-refractivity contribution in [2.75, 3.05) is 0 Å². The second-order valence-electron chi connectivity index (χ2n) is 7.50. The summed E-state index contributed by atoms with van der Waals surface area (Å²) in [7, 11) is 0. The van der Waals surface area contributed by atoms with E-state index in [1.54, 1.807) is 21.8 Å². The van der Waals surface area contributed by atoms with Crippen LogP contribution in [0, 0.1) is 0 Å². The van der Waals surface area contributed by atoms with E-state index in [-0.39, 0.29) is 5.56 Å². The van der Waals surface area contributed by atoms with Gasteiger partial charge in [-0.2, -0.15) is 4.57 Å². The highest BCUT2D eigenvalue weighted by Crippen LogP contribution is 2.24. The van der Waals surface area contributed by atoms with Gasteiger partial charge in [-0.25, -0.2) is 19.7 Å². The van der Waals surface area contributed by atoms with E-state index in [1.807, 2.05) is 78.9 Å². The monoisotopic (exact) mass is 495 g/mol. The molecule has 33 heavy (non-hydrogen) atoms. The third-order valence-electron chi connectivity index (χ3n) is 5.41. The second kappa shape index (κ2) is 7.75. The van der Waals surface area contributed by atoms with Crippen molar-refractivity contribution in [1.82, 2.24) is 19.2 Å². The number of rotatable bonds is 3. The number of para-hydroxylation sites is 3. The molecule has 3 heterocycles. The van der Waals surface area contributed by atoms with Crippen molar-refractivity contribution in [2.24, 2.45) is 5.10 Å². The van der Waals surface area contributed by atoms with Crippen LogP contribution in [-0.2, 0) is 0 Å². The summed E-state index contributed by atoms with van der Waals surface area (Å²) in [6, 6.07) is 24.9. The number of nitrogens with one attached hydrogen (secondary N) is 1. The topological polar surface area (TPSA) is 79.2 Å². The Bertz CT molecular complexity index is 1750. The molecule has 6 rings (SSSR count). The summed E-state index contributed by atoms with van der Waals surface area (Å²) in [5.41, 5.74) is 4.46. The van der Waals surface area contributed by atoms with Crippen molar-refractivity contribution in [3.63, 3.8) is 0 Å². The smallest absolute Gasteiger partial charge is 0.250 e. The fraction of sp³-hybridized carbons (Fsp3) is 0. The molecule has 0 amide bonds. The Morgan fingerprint density at radius 2 is 1.67 bits per heavy atom. The molecule has 0 saturated heterocycles. The quantitative estimate of drug-likeness (QED) is 0.342. The zero-order valence-corrected chi connectivity index (χ0v) is 18.8. The maximum atomic E-state index is 13.6. The molecule has 1 N–H and O–H groups in total. The number of hydrogen-bond acceptors (Lipinski definition) is 4. The molecule has 0 atom stereocenters. The lowest BCUT2D eigenvalue weighted by atomic mass is 10.2. The molecule has 0 bridgehead atoms. The van der Waals surface area contributed by atoms with Crippen LogP contribution < -0.4 is 10.5 Å². The first kappa shape index (κ1) is 19.5. The second-order valence-corrected chi connectivity index (χ2v) is 8.42. The summed E-state index contributed by atoms with van der Waals surface area (Å²) < 4.78 is 4.17. The van der Waals surface area contributed by atoms with Gasteiger partial charge < -0.3 is 0 Å². The molecule has 0 unspecified atom stereocenters. The average molecular weight is 496 g/mol. The number of benzene rings is 3. The van der Waals surface area contributed by atoms with E-state index in [0.29, 0.717) is 22.2 Å². The van der Waals surface area contributed by atoms with Gasteiger partial charge in [0.2, 0.25) is 5.65 Å². The molecule has 3 aromatic heterocycles. The molecule has 0 radical (unpaired) electrons. The van der Waals surface area contributed by atoms with Crippen LogP contribution in [0.3, 0.4) is 0 Å². The minimum atomic E-state index is -0.194. The number of aromatic nitrogens is 5. The Balaban J connectivity index is 1.68. The van der Waals surface area contributed by atoms with E-state index in [0.717, 1.165) is 26.8 Å². The van der Waals surface area contributed by atoms with E-state index in [9.17, 15) is 4.79 Å². The summed E-state index contributed by atoms with van der Waals surface area (Å²) in [6.45, 7) is 0. The molecule has 3 aromatic carbocycles. The van der Waals surface area contributed by atoms with Crippen molar-refractivity contribution in [3.05, 3.63) is 106 Å². The molecule has 7 nitrogen and oxygen atoms in total. The third-order valence-corrected chi connectivity index (χ3v) is 5.90. The minimum Gasteiger partial charge on any atom is -0.250 e. The van der Waals surface area contributed by atoms with Gasteiger partial charge in [0.15, 0.2) is 11.7 Å². The van der Waals surface area contributed by atoms with Gasteiger partial charge in [-0.3, -0.25) is 0 Å². The highest BCUT2D eigenvalue weighted by molar-refractivity contribution is 9.10. The molecule has 8 heteroatoms. The van der Waals surface area contributed by atoms with Crippen LogP contribution in [0.5, 0.6) is 0 Å². The predicted octanol–water partition coefficient (Wildman–Crippen LogP) is 4.35. The summed E-state index contributed by atoms with van der Waals surface area (Å²) in [5, 5.41) is 5.10. The molecule has 0 fully saturated rings. The Morgan fingerprint density at radius 3 is 2.45 bits per heavy atom. The van der Waals surface area contributed by atoms with E-state index in [1.165, 1.54) is 0 Å². The van der Waals surface area contributed by atoms with Crippen LogP contribution in [-0.4, -0.2) is 25.4 Å². The lowest BCUT2D eigenvalue weighted by molar-refractivity contribution is -0.356. The number of nitrogens with zero attached hydrogens (tertiary/aromatic N) is 5. The molecule has 0 saturated carbocycles. The van der Waals surface area contributed by atoms with Gasteiger partial charge >= 0.3 is 5.56 Å². The van der Waals surface area contributed by atoms with Crippen LogP contribution in [0.25, 0.3) is 38.9 Å². The van der Waals surface area contributed by atoms with Gasteiger partial charge in [0.05, 0.1) is 17.2 Å². The zero-order chi connectivity index (χ0) is 22.4. The molecule has 0 aliphatic rings. The average Bonchev–Trinajstić information content (AvgIpc) is 3.15. The fourth-order valence-corrected chi connectivity index (χ4v) is 4.29. The largest absolute Gasteiger partial charge is 0.327 e. The first-order chi connectivity index (χ1) is 16.2. The van der Waals surface area contributed by atoms with E-state index < -0.39 is 0 Å². The van der Waals surface area contributed by atoms with Crippen LogP contribution in [0.2, 0.25) is 0 Å². The van der Waals surface area contributed by atoms with Gasteiger partial charge in [-0.1, -0.05) is 58.4 Å². The normalized spacial score (nSPS) is 11.8. The number of H-pyrrole nitrogens is 1. The first-order valence-corrected chi connectivity index (χ1v) is 11.1. The van der Waals surface area contributed by atoms with E-state index >= 15 is 0 Å². The fourth-order valence-electron chi connectivity index (χ4n) is 3.87. The van der Waals surface area contributed by atoms with E-state index in [4.69, 9.17) is 9.97 Å². The van der Waals surface area contributed by atoms with Crippen molar-refractivity contribution >= 4 is 55.4 Å². The number of aromatic amines is 1. The van der Waals surface area contributed by atoms with Gasteiger partial charge in [0.1, 0.15) is 11.2 Å². The van der Waals surface area contributed by atoms with Crippen molar-refractivity contribution < 1.29 is 4.98 Å². The highest BCUT2D eigenvalue weighted by atomic mass is 79.9. The molecular formula is C25H16BrN6O+.